The lowest BCUT2D eigenvalue weighted by Gasteiger charge is -2.22. The Labute approximate surface area is 140 Å². The van der Waals surface area contributed by atoms with Gasteiger partial charge < -0.3 is 5.32 Å². The Hall–Kier alpha value is -1.02. The molecule has 1 aromatic rings. The van der Waals surface area contributed by atoms with E-state index in [0.717, 1.165) is 12.3 Å². The van der Waals surface area contributed by atoms with E-state index >= 15 is 0 Å². The molecular formula is C19H30ClNO. The number of hydrogen-bond acceptors (Lipinski definition) is 1. The van der Waals surface area contributed by atoms with Crippen LogP contribution in [0.4, 0.5) is 5.69 Å². The van der Waals surface area contributed by atoms with Crippen molar-refractivity contribution in [1.29, 1.82) is 0 Å². The number of nitrogens with one attached hydrogen (secondary N) is 1. The van der Waals surface area contributed by atoms with Crippen molar-refractivity contribution in [1.82, 2.24) is 0 Å². The van der Waals surface area contributed by atoms with Gasteiger partial charge in [-0.1, -0.05) is 76.6 Å². The lowest BCUT2D eigenvalue weighted by molar-refractivity contribution is -0.119. The summed E-state index contributed by atoms with van der Waals surface area (Å²) in [6.07, 6.45) is 8.96. The predicted octanol–water partition coefficient (Wildman–Crippen LogP) is 6.30. The van der Waals surface area contributed by atoms with E-state index in [4.69, 9.17) is 11.6 Å². The molecule has 1 unspecified atom stereocenters. The fourth-order valence-corrected chi connectivity index (χ4v) is 3.09. The number of rotatable bonds is 5. The molecule has 1 aliphatic carbocycles. The van der Waals surface area contributed by atoms with Gasteiger partial charge in [-0.2, -0.15) is 0 Å². The van der Waals surface area contributed by atoms with Gasteiger partial charge in [-0.25, -0.2) is 0 Å². The van der Waals surface area contributed by atoms with Gasteiger partial charge in [0.25, 0.3) is 0 Å². The van der Waals surface area contributed by atoms with Crippen LogP contribution in [0.5, 0.6) is 0 Å². The van der Waals surface area contributed by atoms with Crippen LogP contribution in [-0.2, 0) is 4.79 Å². The maximum Gasteiger partial charge on any atom is 0.227 e. The Kier molecular flexibility index (Phi) is 9.22. The van der Waals surface area contributed by atoms with Crippen LogP contribution in [0.2, 0.25) is 5.02 Å². The van der Waals surface area contributed by atoms with Crippen molar-refractivity contribution >= 4 is 23.2 Å². The molecule has 2 nitrogen and oxygen atoms in total. The molecule has 1 N–H and O–H groups in total. The highest BCUT2D eigenvalue weighted by Crippen LogP contribution is 2.29. The van der Waals surface area contributed by atoms with E-state index in [1.54, 1.807) is 6.07 Å². The van der Waals surface area contributed by atoms with E-state index in [1.807, 2.05) is 39.0 Å². The second-order valence-electron chi connectivity index (χ2n) is 5.95. The number of carbonyl (C=O) groups excluding carboxylic acids is 1. The second kappa shape index (κ2) is 10.7. The topological polar surface area (TPSA) is 29.1 Å². The Morgan fingerprint density at radius 2 is 1.86 bits per heavy atom. The van der Waals surface area contributed by atoms with Gasteiger partial charge in [-0.05, 0) is 30.9 Å². The molecule has 2 rings (SSSR count). The molecule has 1 saturated carbocycles. The van der Waals surface area contributed by atoms with E-state index < -0.39 is 0 Å². The van der Waals surface area contributed by atoms with Crippen molar-refractivity contribution in [3.63, 3.8) is 0 Å². The summed E-state index contributed by atoms with van der Waals surface area (Å²) >= 11 is 6.06. The molecule has 1 amide bonds. The molecule has 0 aliphatic heterocycles. The lowest BCUT2D eigenvalue weighted by atomic mass is 9.84. The van der Waals surface area contributed by atoms with E-state index in [0.29, 0.717) is 10.7 Å². The van der Waals surface area contributed by atoms with E-state index in [-0.39, 0.29) is 11.8 Å². The number of para-hydroxylation sites is 1. The Morgan fingerprint density at radius 1 is 1.23 bits per heavy atom. The van der Waals surface area contributed by atoms with Gasteiger partial charge >= 0.3 is 0 Å². The first-order valence-electron chi connectivity index (χ1n) is 8.72. The van der Waals surface area contributed by atoms with Crippen molar-refractivity contribution in [3.05, 3.63) is 29.3 Å². The van der Waals surface area contributed by atoms with E-state index in [9.17, 15) is 4.79 Å². The minimum absolute atomic E-state index is 0.0493. The van der Waals surface area contributed by atoms with Gasteiger partial charge in [0.2, 0.25) is 5.91 Å². The molecule has 0 spiro atoms. The number of benzene rings is 1. The first kappa shape index (κ1) is 19.0. The maximum atomic E-state index is 12.2. The molecule has 1 fully saturated rings. The summed E-state index contributed by atoms with van der Waals surface area (Å²) in [6, 6.07) is 7.39. The quantitative estimate of drug-likeness (QED) is 0.676. The number of anilines is 1. The second-order valence-corrected chi connectivity index (χ2v) is 6.36. The molecular weight excluding hydrogens is 294 g/mol. The van der Waals surface area contributed by atoms with Gasteiger partial charge in [0.15, 0.2) is 0 Å². The first-order valence-corrected chi connectivity index (χ1v) is 9.10. The van der Waals surface area contributed by atoms with Crippen LogP contribution in [0.1, 0.15) is 65.7 Å². The number of amides is 1. The normalized spacial score (nSPS) is 16.4. The molecule has 22 heavy (non-hydrogen) atoms. The molecule has 1 atom stereocenters. The zero-order valence-electron chi connectivity index (χ0n) is 14.2. The molecule has 3 heteroatoms. The van der Waals surface area contributed by atoms with E-state index in [1.165, 1.54) is 38.5 Å². The summed E-state index contributed by atoms with van der Waals surface area (Å²) in [5.74, 6) is 0.960. The zero-order chi connectivity index (χ0) is 16.4. The third kappa shape index (κ3) is 6.39. The molecule has 124 valence electrons. The summed E-state index contributed by atoms with van der Waals surface area (Å²) in [5, 5.41) is 3.52. The van der Waals surface area contributed by atoms with Crippen LogP contribution >= 0.6 is 11.6 Å². The monoisotopic (exact) mass is 323 g/mol. The Balaban J connectivity index is 0.00000116. The van der Waals surface area contributed by atoms with Crippen molar-refractivity contribution in [2.45, 2.75) is 65.7 Å². The van der Waals surface area contributed by atoms with Gasteiger partial charge in [-0.3, -0.25) is 4.79 Å². The van der Waals surface area contributed by atoms with Gasteiger partial charge in [0, 0.05) is 5.92 Å². The van der Waals surface area contributed by atoms with Gasteiger partial charge in [0.1, 0.15) is 0 Å². The van der Waals surface area contributed by atoms with Gasteiger partial charge in [-0.15, -0.1) is 0 Å². The van der Waals surface area contributed by atoms with Crippen molar-refractivity contribution < 1.29 is 4.79 Å². The minimum Gasteiger partial charge on any atom is -0.325 e. The molecule has 0 aromatic heterocycles. The largest absolute Gasteiger partial charge is 0.325 e. The summed E-state index contributed by atoms with van der Waals surface area (Å²) < 4.78 is 0. The molecule has 0 bridgehead atoms. The van der Waals surface area contributed by atoms with Crippen LogP contribution in [0.25, 0.3) is 0 Å². The van der Waals surface area contributed by atoms with Gasteiger partial charge in [0.05, 0.1) is 10.7 Å². The van der Waals surface area contributed by atoms with Crippen molar-refractivity contribution in [2.75, 3.05) is 5.32 Å². The molecule has 1 aliphatic rings. The predicted molar refractivity (Wildman–Crippen MR) is 96.4 cm³/mol. The van der Waals surface area contributed by atoms with Crippen LogP contribution in [-0.4, -0.2) is 5.91 Å². The van der Waals surface area contributed by atoms with Crippen molar-refractivity contribution in [3.8, 4) is 0 Å². The van der Waals surface area contributed by atoms with Crippen LogP contribution < -0.4 is 5.32 Å². The fourth-order valence-electron chi connectivity index (χ4n) is 2.91. The standard InChI is InChI=1S/C17H24ClNO.C2H6/c1-13(11-12-14-7-3-2-4-8-14)17(20)19-16-10-6-5-9-15(16)18;1-2/h5-6,9-10,13-14H,2-4,7-8,11-12H2,1H3,(H,19,20);1-2H3. The average Bonchev–Trinajstić information content (AvgIpc) is 2.57. The molecule has 0 radical (unpaired) electrons. The summed E-state index contributed by atoms with van der Waals surface area (Å²) in [4.78, 5) is 12.2. The lowest BCUT2D eigenvalue weighted by Crippen LogP contribution is -2.21. The highest BCUT2D eigenvalue weighted by Gasteiger charge is 2.18. The van der Waals surface area contributed by atoms with Crippen molar-refractivity contribution in [2.24, 2.45) is 11.8 Å². The zero-order valence-corrected chi connectivity index (χ0v) is 15.0. The summed E-state index contributed by atoms with van der Waals surface area (Å²) in [6.45, 7) is 6.01. The van der Waals surface area contributed by atoms with Crippen LogP contribution in [0.3, 0.4) is 0 Å². The first-order chi connectivity index (χ1) is 10.7. The minimum atomic E-state index is 0.0493. The third-order valence-electron chi connectivity index (χ3n) is 4.31. The number of carbonyl (C=O) groups is 1. The molecule has 0 heterocycles. The smallest absolute Gasteiger partial charge is 0.227 e. The summed E-state index contributed by atoms with van der Waals surface area (Å²) in [7, 11) is 0. The van der Waals surface area contributed by atoms with Crippen LogP contribution in [0, 0.1) is 11.8 Å². The number of hydrogen-bond donors (Lipinski definition) is 1. The third-order valence-corrected chi connectivity index (χ3v) is 4.64. The van der Waals surface area contributed by atoms with Crippen LogP contribution in [0.15, 0.2) is 24.3 Å². The highest BCUT2D eigenvalue weighted by molar-refractivity contribution is 6.33. The Morgan fingerprint density at radius 3 is 2.50 bits per heavy atom. The average molecular weight is 324 g/mol. The fraction of sp³-hybridized carbons (Fsp3) is 0.632. The molecule has 0 saturated heterocycles. The maximum absolute atomic E-state index is 12.2. The molecule has 1 aromatic carbocycles. The number of halogens is 1. The summed E-state index contributed by atoms with van der Waals surface area (Å²) in [5.41, 5.74) is 0.712. The Bertz CT molecular complexity index is 441. The highest BCUT2D eigenvalue weighted by atomic mass is 35.5. The SMILES string of the molecule is CC.CC(CCC1CCCCC1)C(=O)Nc1ccccc1Cl. The van der Waals surface area contributed by atoms with E-state index in [2.05, 4.69) is 5.32 Å².